The number of nitrogens with one attached hydrogen (secondary N) is 2. The number of aliphatic hydroxyl groups excluding tert-OH is 1. The lowest BCUT2D eigenvalue weighted by atomic mass is 10.2. The molecule has 3 heterocycles. The van der Waals surface area contributed by atoms with Crippen LogP contribution in [0, 0.1) is 12.7 Å². The van der Waals surface area contributed by atoms with Crippen LogP contribution in [0.4, 0.5) is 10.3 Å². The highest BCUT2D eigenvalue weighted by molar-refractivity contribution is 6.06. The lowest BCUT2D eigenvalue weighted by Gasteiger charge is -2.11. The van der Waals surface area contributed by atoms with Crippen LogP contribution in [0.1, 0.15) is 5.69 Å². The number of fused-ring (bicyclic) bond motifs is 3. The Kier molecular flexibility index (Phi) is 3.39. The van der Waals surface area contributed by atoms with Gasteiger partial charge in [-0.1, -0.05) is 0 Å². The second-order valence-corrected chi connectivity index (χ2v) is 5.44. The van der Waals surface area contributed by atoms with Crippen molar-refractivity contribution in [3.8, 4) is 5.69 Å². The standard InChI is InChI=1S/C16H15FN6O/c1-9-13(7-19-16(21-9)18-4-5-24)23-12-3-2-10(17)6-11(12)15-14(23)8-20-22-15/h2-3,6-8,24H,4-5H2,1H3,(H,20,22)(H,18,19,21). The summed E-state index contributed by atoms with van der Waals surface area (Å²) in [4.78, 5) is 8.71. The van der Waals surface area contributed by atoms with E-state index in [4.69, 9.17) is 5.11 Å². The van der Waals surface area contributed by atoms with E-state index in [1.807, 2.05) is 11.5 Å². The minimum atomic E-state index is -0.298. The third-order valence-corrected chi connectivity index (χ3v) is 3.92. The summed E-state index contributed by atoms with van der Waals surface area (Å²) in [5, 5.41) is 19.5. The average Bonchev–Trinajstić information content (AvgIpc) is 3.14. The van der Waals surface area contributed by atoms with Crippen molar-refractivity contribution in [2.45, 2.75) is 6.92 Å². The highest BCUT2D eigenvalue weighted by atomic mass is 19.1. The molecular weight excluding hydrogens is 311 g/mol. The van der Waals surface area contributed by atoms with E-state index in [2.05, 4.69) is 25.5 Å². The molecule has 0 unspecified atom stereocenters. The number of aliphatic hydroxyl groups is 1. The Balaban J connectivity index is 1.93. The van der Waals surface area contributed by atoms with Crippen LogP contribution in [-0.2, 0) is 0 Å². The molecule has 3 N–H and O–H groups in total. The van der Waals surface area contributed by atoms with Crippen LogP contribution in [-0.4, -0.2) is 43.0 Å². The van der Waals surface area contributed by atoms with Gasteiger partial charge >= 0.3 is 0 Å². The molecule has 4 rings (SSSR count). The summed E-state index contributed by atoms with van der Waals surface area (Å²) < 4.78 is 15.6. The van der Waals surface area contributed by atoms with Crippen molar-refractivity contribution >= 4 is 27.9 Å². The molecule has 0 aliphatic carbocycles. The van der Waals surface area contributed by atoms with Crippen molar-refractivity contribution in [1.82, 2.24) is 24.7 Å². The predicted molar refractivity (Wildman–Crippen MR) is 88.8 cm³/mol. The lowest BCUT2D eigenvalue weighted by molar-refractivity contribution is 0.311. The Bertz CT molecular complexity index is 1040. The van der Waals surface area contributed by atoms with E-state index in [1.54, 1.807) is 18.5 Å². The van der Waals surface area contributed by atoms with Gasteiger partial charge < -0.3 is 15.0 Å². The van der Waals surface area contributed by atoms with Gasteiger partial charge in [-0.25, -0.2) is 14.4 Å². The quantitative estimate of drug-likeness (QED) is 0.534. The zero-order valence-corrected chi connectivity index (χ0v) is 12.9. The van der Waals surface area contributed by atoms with E-state index in [0.29, 0.717) is 12.5 Å². The molecule has 24 heavy (non-hydrogen) atoms. The minimum absolute atomic E-state index is 0.00754. The smallest absolute Gasteiger partial charge is 0.223 e. The molecule has 0 saturated carbocycles. The number of rotatable bonds is 4. The van der Waals surface area contributed by atoms with Gasteiger partial charge in [0.25, 0.3) is 0 Å². The van der Waals surface area contributed by atoms with Gasteiger partial charge in [0, 0.05) is 11.9 Å². The van der Waals surface area contributed by atoms with Gasteiger partial charge in [0.15, 0.2) is 0 Å². The molecule has 7 nitrogen and oxygen atoms in total. The van der Waals surface area contributed by atoms with E-state index in [9.17, 15) is 4.39 Å². The molecule has 3 aromatic heterocycles. The molecule has 0 radical (unpaired) electrons. The molecule has 0 atom stereocenters. The summed E-state index contributed by atoms with van der Waals surface area (Å²) in [7, 11) is 0. The minimum Gasteiger partial charge on any atom is -0.395 e. The van der Waals surface area contributed by atoms with E-state index < -0.39 is 0 Å². The number of anilines is 1. The fourth-order valence-corrected chi connectivity index (χ4v) is 2.87. The van der Waals surface area contributed by atoms with Gasteiger partial charge in [-0.2, -0.15) is 5.10 Å². The summed E-state index contributed by atoms with van der Waals surface area (Å²) in [6, 6.07) is 4.65. The number of aromatic nitrogens is 5. The number of aryl methyl sites for hydroxylation is 1. The van der Waals surface area contributed by atoms with Gasteiger partial charge in [-0.15, -0.1) is 0 Å². The topological polar surface area (TPSA) is 91.7 Å². The molecule has 8 heteroatoms. The molecule has 122 valence electrons. The van der Waals surface area contributed by atoms with Crippen LogP contribution in [0.2, 0.25) is 0 Å². The first kappa shape index (κ1) is 14.6. The molecule has 4 aromatic rings. The van der Waals surface area contributed by atoms with Crippen molar-refractivity contribution in [3.63, 3.8) is 0 Å². The maximum absolute atomic E-state index is 13.6. The largest absolute Gasteiger partial charge is 0.395 e. The Morgan fingerprint density at radius 2 is 2.17 bits per heavy atom. The molecule has 0 fully saturated rings. The summed E-state index contributed by atoms with van der Waals surface area (Å²) in [6.07, 6.45) is 3.40. The van der Waals surface area contributed by atoms with E-state index in [-0.39, 0.29) is 12.4 Å². The Morgan fingerprint density at radius 1 is 1.29 bits per heavy atom. The maximum atomic E-state index is 13.6. The van der Waals surface area contributed by atoms with Crippen molar-refractivity contribution in [2.75, 3.05) is 18.5 Å². The number of hydrogen-bond acceptors (Lipinski definition) is 5. The zero-order chi connectivity index (χ0) is 16.7. The first-order chi connectivity index (χ1) is 11.7. The van der Waals surface area contributed by atoms with E-state index in [0.717, 1.165) is 33.3 Å². The molecule has 0 bridgehead atoms. The number of hydrogen-bond donors (Lipinski definition) is 3. The Morgan fingerprint density at radius 3 is 2.96 bits per heavy atom. The third-order valence-electron chi connectivity index (χ3n) is 3.92. The SMILES string of the molecule is Cc1nc(NCCO)ncc1-n1c2ccc(F)cc2c2[nH]ncc21. The summed E-state index contributed by atoms with van der Waals surface area (Å²) in [6.45, 7) is 2.27. The predicted octanol–water partition coefficient (Wildman–Crippen LogP) is 2.15. The van der Waals surface area contributed by atoms with Crippen LogP contribution in [0.5, 0.6) is 0 Å². The number of halogens is 1. The molecular formula is C16H15FN6O. The molecule has 0 spiro atoms. The summed E-state index contributed by atoms with van der Waals surface area (Å²) >= 11 is 0. The maximum Gasteiger partial charge on any atom is 0.223 e. The highest BCUT2D eigenvalue weighted by Gasteiger charge is 2.16. The fourth-order valence-electron chi connectivity index (χ4n) is 2.87. The van der Waals surface area contributed by atoms with Crippen LogP contribution in [0.3, 0.4) is 0 Å². The molecule has 0 saturated heterocycles. The van der Waals surface area contributed by atoms with Gasteiger partial charge in [-0.05, 0) is 25.1 Å². The van der Waals surface area contributed by atoms with Crippen molar-refractivity contribution in [3.05, 3.63) is 42.1 Å². The van der Waals surface area contributed by atoms with Gasteiger partial charge in [-0.3, -0.25) is 5.10 Å². The van der Waals surface area contributed by atoms with Crippen LogP contribution in [0.25, 0.3) is 27.6 Å². The highest BCUT2D eigenvalue weighted by Crippen LogP contribution is 2.31. The normalized spacial score (nSPS) is 11.5. The van der Waals surface area contributed by atoms with Gasteiger partial charge in [0.2, 0.25) is 5.95 Å². The number of H-pyrrole nitrogens is 1. The zero-order valence-electron chi connectivity index (χ0n) is 12.9. The van der Waals surface area contributed by atoms with Gasteiger partial charge in [0.05, 0.1) is 46.9 Å². The van der Waals surface area contributed by atoms with Crippen LogP contribution in [0.15, 0.2) is 30.6 Å². The molecule has 0 amide bonds. The van der Waals surface area contributed by atoms with Gasteiger partial charge in [0.1, 0.15) is 5.82 Å². The van der Waals surface area contributed by atoms with Crippen molar-refractivity contribution in [1.29, 1.82) is 0 Å². The molecule has 0 aliphatic rings. The summed E-state index contributed by atoms with van der Waals surface area (Å²) in [5.41, 5.74) is 4.00. The second kappa shape index (κ2) is 5.57. The Labute approximate surface area is 136 Å². The molecule has 1 aromatic carbocycles. The van der Waals surface area contributed by atoms with Crippen LogP contribution >= 0.6 is 0 Å². The first-order valence-corrected chi connectivity index (χ1v) is 7.51. The third kappa shape index (κ3) is 2.19. The number of benzene rings is 1. The second-order valence-electron chi connectivity index (χ2n) is 5.44. The lowest BCUT2D eigenvalue weighted by Crippen LogP contribution is -2.10. The monoisotopic (exact) mass is 326 g/mol. The number of nitrogens with zero attached hydrogens (tertiary/aromatic N) is 4. The summed E-state index contributed by atoms with van der Waals surface area (Å²) in [5.74, 6) is 0.156. The van der Waals surface area contributed by atoms with E-state index >= 15 is 0 Å². The first-order valence-electron chi connectivity index (χ1n) is 7.51. The van der Waals surface area contributed by atoms with E-state index in [1.165, 1.54) is 12.1 Å². The fraction of sp³-hybridized carbons (Fsp3) is 0.188. The van der Waals surface area contributed by atoms with Crippen molar-refractivity contribution < 1.29 is 9.50 Å². The van der Waals surface area contributed by atoms with Crippen molar-refractivity contribution in [2.24, 2.45) is 0 Å². The number of aromatic amines is 1. The average molecular weight is 326 g/mol. The Hall–Kier alpha value is -3.00. The van der Waals surface area contributed by atoms with Crippen LogP contribution < -0.4 is 5.32 Å². The molecule has 0 aliphatic heterocycles.